The molecule has 35 heavy (non-hydrogen) atoms. The number of aromatic nitrogens is 1. The molecule has 3 nitrogen and oxygen atoms in total. The second-order valence-corrected chi connectivity index (χ2v) is 7.97. The second-order valence-electron chi connectivity index (χ2n) is 7.97. The van der Waals surface area contributed by atoms with Gasteiger partial charge in [0.25, 0.3) is 0 Å². The van der Waals surface area contributed by atoms with E-state index >= 15 is 0 Å². The largest absolute Gasteiger partial charge is 0.416 e. The van der Waals surface area contributed by atoms with Gasteiger partial charge in [0, 0.05) is 11.3 Å². The number of halogens is 5. The van der Waals surface area contributed by atoms with E-state index in [0.29, 0.717) is 39.5 Å². The third-order valence-electron chi connectivity index (χ3n) is 5.58. The Morgan fingerprint density at radius 3 is 2.20 bits per heavy atom. The zero-order valence-corrected chi connectivity index (χ0v) is 18.9. The van der Waals surface area contributed by atoms with Gasteiger partial charge in [-0.05, 0) is 79.6 Å². The lowest BCUT2D eigenvalue weighted by Gasteiger charge is -2.13. The van der Waals surface area contributed by atoms with Gasteiger partial charge in [-0.15, -0.1) is 0 Å². The van der Waals surface area contributed by atoms with Crippen LogP contribution in [0.1, 0.15) is 29.3 Å². The van der Waals surface area contributed by atoms with Crippen LogP contribution >= 0.6 is 0 Å². The van der Waals surface area contributed by atoms with E-state index in [-0.39, 0.29) is 12.4 Å². The van der Waals surface area contributed by atoms with Gasteiger partial charge in [-0.3, -0.25) is 0 Å². The molecule has 8 heteroatoms. The number of nitrogens with zero attached hydrogens (tertiary/aromatic N) is 2. The first kappa shape index (κ1) is 24.2. The third-order valence-corrected chi connectivity index (χ3v) is 5.58. The maximum Gasteiger partial charge on any atom is 0.416 e. The molecule has 0 bridgehead atoms. The quantitative estimate of drug-likeness (QED) is 0.157. The first-order valence-corrected chi connectivity index (χ1v) is 10.7. The molecule has 3 aromatic carbocycles. The van der Waals surface area contributed by atoms with Gasteiger partial charge in [0.05, 0.1) is 22.7 Å². The highest BCUT2D eigenvalue weighted by molar-refractivity contribution is 6.01. The highest BCUT2D eigenvalue weighted by Crippen LogP contribution is 2.32. The zero-order chi connectivity index (χ0) is 25.2. The minimum atomic E-state index is -4.40. The van der Waals surface area contributed by atoms with Crippen molar-refractivity contribution >= 4 is 5.71 Å². The molecule has 0 aliphatic heterocycles. The summed E-state index contributed by atoms with van der Waals surface area (Å²) in [7, 11) is 0. The number of hydrogen-bond acceptors (Lipinski definition) is 2. The van der Waals surface area contributed by atoms with Crippen LogP contribution in [0.15, 0.2) is 84.0 Å². The number of benzene rings is 3. The van der Waals surface area contributed by atoms with Crippen LogP contribution in [0.4, 0.5) is 22.0 Å². The molecule has 4 rings (SSSR count). The van der Waals surface area contributed by atoms with E-state index < -0.39 is 17.6 Å². The van der Waals surface area contributed by atoms with E-state index in [9.17, 15) is 22.0 Å². The molecule has 0 aliphatic carbocycles. The van der Waals surface area contributed by atoms with E-state index in [1.165, 1.54) is 30.3 Å². The number of oxime groups is 1. The SMILES string of the molecule is CC(=NOCc1ccc(C(F)(F)F)cc1)c1cc(-c2ccc(F)cc2)n(-c2ccccc2F)c1C. The van der Waals surface area contributed by atoms with Crippen LogP contribution in [0.5, 0.6) is 0 Å². The van der Waals surface area contributed by atoms with Crippen LogP contribution in [-0.4, -0.2) is 10.3 Å². The van der Waals surface area contributed by atoms with Gasteiger partial charge in [0.1, 0.15) is 18.2 Å². The zero-order valence-electron chi connectivity index (χ0n) is 18.9. The van der Waals surface area contributed by atoms with Gasteiger partial charge in [-0.1, -0.05) is 29.4 Å². The van der Waals surface area contributed by atoms with E-state index in [0.717, 1.165) is 12.1 Å². The van der Waals surface area contributed by atoms with Gasteiger partial charge >= 0.3 is 6.18 Å². The van der Waals surface area contributed by atoms with Crippen LogP contribution < -0.4 is 0 Å². The highest BCUT2D eigenvalue weighted by Gasteiger charge is 2.29. The van der Waals surface area contributed by atoms with Crippen molar-refractivity contribution < 1.29 is 26.8 Å². The molecule has 180 valence electrons. The standard InChI is InChI=1S/C27H21F5N2O/c1-17(33-35-16-19-7-11-21(12-8-19)27(30,31)32)23-15-26(20-9-13-22(28)14-10-20)34(18(23)2)25-6-4-3-5-24(25)29/h3-15H,16H2,1-2H3. The second kappa shape index (κ2) is 9.74. The molecule has 0 fully saturated rings. The van der Waals surface area contributed by atoms with Crippen molar-refractivity contribution in [2.45, 2.75) is 26.6 Å². The summed E-state index contributed by atoms with van der Waals surface area (Å²) in [5.41, 5.74) is 3.31. The molecule has 0 amide bonds. The van der Waals surface area contributed by atoms with Gasteiger partial charge < -0.3 is 9.40 Å². The average Bonchev–Trinajstić information content (AvgIpc) is 3.16. The Morgan fingerprint density at radius 2 is 1.57 bits per heavy atom. The van der Waals surface area contributed by atoms with Crippen LogP contribution in [0.3, 0.4) is 0 Å². The van der Waals surface area contributed by atoms with Crippen molar-refractivity contribution in [3.05, 3.63) is 113 Å². The van der Waals surface area contributed by atoms with Crippen molar-refractivity contribution in [1.29, 1.82) is 0 Å². The molecule has 0 N–H and O–H groups in total. The first-order chi connectivity index (χ1) is 16.6. The van der Waals surface area contributed by atoms with E-state index in [1.54, 1.807) is 41.8 Å². The van der Waals surface area contributed by atoms with Crippen molar-refractivity contribution in [2.75, 3.05) is 0 Å². The van der Waals surface area contributed by atoms with E-state index in [2.05, 4.69) is 5.16 Å². The summed E-state index contributed by atoms with van der Waals surface area (Å²) in [5.74, 6) is -0.807. The predicted octanol–water partition coefficient (Wildman–Crippen LogP) is 7.69. The summed E-state index contributed by atoms with van der Waals surface area (Å²) >= 11 is 0. The number of rotatable bonds is 6. The van der Waals surface area contributed by atoms with E-state index in [1.807, 2.05) is 13.0 Å². The fourth-order valence-electron chi connectivity index (χ4n) is 3.79. The minimum Gasteiger partial charge on any atom is -0.391 e. The third kappa shape index (κ3) is 5.26. The van der Waals surface area contributed by atoms with Gasteiger partial charge in [-0.2, -0.15) is 13.2 Å². The Balaban J connectivity index is 1.65. The summed E-state index contributed by atoms with van der Waals surface area (Å²) in [6.45, 7) is 3.51. The molecule has 0 radical (unpaired) electrons. The molecule has 0 spiro atoms. The lowest BCUT2D eigenvalue weighted by Crippen LogP contribution is -2.05. The molecule has 0 saturated heterocycles. The van der Waals surface area contributed by atoms with Crippen LogP contribution in [0, 0.1) is 18.6 Å². The van der Waals surface area contributed by atoms with Crippen LogP contribution in [0.2, 0.25) is 0 Å². The summed E-state index contributed by atoms with van der Waals surface area (Å²) in [5, 5.41) is 4.13. The molecule has 1 heterocycles. The maximum absolute atomic E-state index is 14.7. The Kier molecular flexibility index (Phi) is 6.73. The number of para-hydroxylation sites is 1. The predicted molar refractivity (Wildman–Crippen MR) is 124 cm³/mol. The van der Waals surface area contributed by atoms with E-state index in [4.69, 9.17) is 4.84 Å². The topological polar surface area (TPSA) is 26.5 Å². The van der Waals surface area contributed by atoms with Crippen molar-refractivity contribution in [3.63, 3.8) is 0 Å². The fraction of sp³-hybridized carbons (Fsp3) is 0.148. The molecule has 4 aromatic rings. The smallest absolute Gasteiger partial charge is 0.391 e. The van der Waals surface area contributed by atoms with Crippen molar-refractivity contribution in [3.8, 4) is 16.9 Å². The lowest BCUT2D eigenvalue weighted by molar-refractivity contribution is -0.137. The fourth-order valence-corrected chi connectivity index (χ4v) is 3.79. The molecule has 0 unspecified atom stereocenters. The molecular formula is C27H21F5N2O. The summed E-state index contributed by atoms with van der Waals surface area (Å²) in [6.07, 6.45) is -4.40. The molecule has 0 aliphatic rings. The molecule has 1 aromatic heterocycles. The summed E-state index contributed by atoms with van der Waals surface area (Å²) in [6, 6.07) is 18.7. The average molecular weight is 484 g/mol. The summed E-state index contributed by atoms with van der Waals surface area (Å²) < 4.78 is 68.1. The van der Waals surface area contributed by atoms with Crippen LogP contribution in [0.25, 0.3) is 16.9 Å². The van der Waals surface area contributed by atoms with Gasteiger partial charge in [0.2, 0.25) is 0 Å². The highest BCUT2D eigenvalue weighted by atomic mass is 19.4. The minimum absolute atomic E-state index is 0.0205. The van der Waals surface area contributed by atoms with Crippen molar-refractivity contribution in [2.24, 2.45) is 5.16 Å². The molecule has 0 atom stereocenters. The number of alkyl halides is 3. The monoisotopic (exact) mass is 484 g/mol. The Hall–Kier alpha value is -3.94. The van der Waals surface area contributed by atoms with Crippen LogP contribution in [-0.2, 0) is 17.6 Å². The lowest BCUT2D eigenvalue weighted by atomic mass is 10.1. The molecular weight excluding hydrogens is 463 g/mol. The maximum atomic E-state index is 14.7. The van der Waals surface area contributed by atoms with Gasteiger partial charge in [-0.25, -0.2) is 8.78 Å². The van der Waals surface area contributed by atoms with Gasteiger partial charge in [0.15, 0.2) is 0 Å². The Bertz CT molecular complexity index is 1350. The first-order valence-electron chi connectivity index (χ1n) is 10.7. The Labute approximate surface area is 199 Å². The normalized spacial score (nSPS) is 12.1. The Morgan fingerprint density at radius 1 is 0.914 bits per heavy atom. The summed E-state index contributed by atoms with van der Waals surface area (Å²) in [4.78, 5) is 5.39. The van der Waals surface area contributed by atoms with Crippen molar-refractivity contribution in [1.82, 2.24) is 4.57 Å². The number of hydrogen-bond donors (Lipinski definition) is 0. The molecule has 0 saturated carbocycles.